The Morgan fingerprint density at radius 1 is 1.13 bits per heavy atom. The van der Waals surface area contributed by atoms with Crippen LogP contribution >= 0.6 is 0 Å². The molecule has 0 aromatic heterocycles. The van der Waals surface area contributed by atoms with Gasteiger partial charge in [0, 0.05) is 6.61 Å². The van der Waals surface area contributed by atoms with Gasteiger partial charge in [0.1, 0.15) is 0 Å². The first-order valence-corrected chi connectivity index (χ1v) is 5.06. The van der Waals surface area contributed by atoms with Gasteiger partial charge in [0.2, 0.25) is 0 Å². The summed E-state index contributed by atoms with van der Waals surface area (Å²) in [6, 6.07) is 4.03. The highest BCUT2D eigenvalue weighted by atomic mass is 16.5. The summed E-state index contributed by atoms with van der Waals surface area (Å²) in [6.07, 6.45) is 1.54. The number of aryl methyl sites for hydroxylation is 2. The third-order valence-electron chi connectivity index (χ3n) is 2.40. The lowest BCUT2D eigenvalue weighted by molar-refractivity contribution is 0.287. The maximum atomic E-state index is 8.80. The van der Waals surface area contributed by atoms with E-state index in [2.05, 4.69) is 0 Å². The van der Waals surface area contributed by atoms with Gasteiger partial charge in [0.15, 0.2) is 11.5 Å². The molecule has 1 rings (SSSR count). The van der Waals surface area contributed by atoms with Crippen LogP contribution in [0.4, 0.5) is 0 Å². The largest absolute Gasteiger partial charge is 0.493 e. The van der Waals surface area contributed by atoms with Crippen LogP contribution in [0.5, 0.6) is 11.5 Å². The molecular formula is C12H18O3. The molecule has 1 N–H and O–H groups in total. The molecule has 1 aromatic rings. The fourth-order valence-electron chi connectivity index (χ4n) is 1.65. The van der Waals surface area contributed by atoms with E-state index in [0.717, 1.165) is 35.5 Å². The van der Waals surface area contributed by atoms with Crippen molar-refractivity contribution >= 4 is 0 Å². The lowest BCUT2D eigenvalue weighted by Crippen LogP contribution is -1.99. The number of methoxy groups -OCH3 is 2. The molecule has 0 saturated heterocycles. The second-order valence-corrected chi connectivity index (χ2v) is 3.44. The Labute approximate surface area is 90.6 Å². The minimum absolute atomic E-state index is 0.194. The summed E-state index contributed by atoms with van der Waals surface area (Å²) in [5.74, 6) is 1.57. The Morgan fingerprint density at radius 3 is 2.33 bits per heavy atom. The first-order valence-electron chi connectivity index (χ1n) is 5.06. The molecule has 3 heteroatoms. The number of aliphatic hydroxyl groups excluding tert-OH is 1. The quantitative estimate of drug-likeness (QED) is 0.807. The summed E-state index contributed by atoms with van der Waals surface area (Å²) in [6.45, 7) is 2.18. The fraction of sp³-hybridized carbons (Fsp3) is 0.500. The number of rotatable bonds is 5. The van der Waals surface area contributed by atoms with Crippen LogP contribution in [0, 0.1) is 6.92 Å². The molecule has 0 saturated carbocycles. The lowest BCUT2D eigenvalue weighted by atomic mass is 10.1. The van der Waals surface area contributed by atoms with Crippen molar-refractivity contribution in [3.8, 4) is 11.5 Å². The number of hydrogen-bond donors (Lipinski definition) is 1. The average molecular weight is 210 g/mol. The van der Waals surface area contributed by atoms with Gasteiger partial charge in [-0.3, -0.25) is 0 Å². The zero-order chi connectivity index (χ0) is 11.3. The van der Waals surface area contributed by atoms with Crippen molar-refractivity contribution < 1.29 is 14.6 Å². The van der Waals surface area contributed by atoms with Gasteiger partial charge < -0.3 is 14.6 Å². The third kappa shape index (κ3) is 2.63. The second kappa shape index (κ2) is 5.61. The molecule has 0 aliphatic heterocycles. The Hall–Kier alpha value is -1.22. The van der Waals surface area contributed by atoms with E-state index in [1.165, 1.54) is 0 Å². The predicted molar refractivity (Wildman–Crippen MR) is 59.7 cm³/mol. The Balaban J connectivity index is 3.05. The van der Waals surface area contributed by atoms with E-state index in [-0.39, 0.29) is 6.61 Å². The van der Waals surface area contributed by atoms with Gasteiger partial charge in [-0.25, -0.2) is 0 Å². The van der Waals surface area contributed by atoms with Gasteiger partial charge >= 0.3 is 0 Å². The third-order valence-corrected chi connectivity index (χ3v) is 2.40. The normalized spacial score (nSPS) is 10.1. The summed E-state index contributed by atoms with van der Waals surface area (Å²) in [4.78, 5) is 0. The smallest absolute Gasteiger partial charge is 0.164 e. The maximum Gasteiger partial charge on any atom is 0.164 e. The Bertz CT molecular complexity index is 321. The molecule has 84 valence electrons. The fourth-order valence-corrected chi connectivity index (χ4v) is 1.65. The molecule has 0 amide bonds. The van der Waals surface area contributed by atoms with Crippen LogP contribution in [0.25, 0.3) is 0 Å². The summed E-state index contributed by atoms with van der Waals surface area (Å²) in [5.41, 5.74) is 2.14. The van der Waals surface area contributed by atoms with Crippen molar-refractivity contribution in [3.63, 3.8) is 0 Å². The highest BCUT2D eigenvalue weighted by molar-refractivity contribution is 5.51. The number of aliphatic hydroxyl groups is 1. The minimum Gasteiger partial charge on any atom is -0.493 e. The van der Waals surface area contributed by atoms with Crippen molar-refractivity contribution in [2.45, 2.75) is 19.8 Å². The molecule has 3 nitrogen and oxygen atoms in total. The second-order valence-electron chi connectivity index (χ2n) is 3.44. The van der Waals surface area contributed by atoms with Crippen LogP contribution < -0.4 is 9.47 Å². The van der Waals surface area contributed by atoms with Crippen LogP contribution in [-0.4, -0.2) is 25.9 Å². The molecule has 15 heavy (non-hydrogen) atoms. The van der Waals surface area contributed by atoms with E-state index in [4.69, 9.17) is 14.6 Å². The van der Waals surface area contributed by atoms with Gasteiger partial charge in [-0.05, 0) is 30.9 Å². The highest BCUT2D eigenvalue weighted by Crippen LogP contribution is 2.34. The number of hydrogen-bond acceptors (Lipinski definition) is 3. The highest BCUT2D eigenvalue weighted by Gasteiger charge is 2.11. The molecule has 0 unspecified atom stereocenters. The SMILES string of the molecule is COc1c(C)ccc(CCCO)c1OC. The number of ether oxygens (including phenoxy) is 2. The zero-order valence-corrected chi connectivity index (χ0v) is 9.54. The first kappa shape index (κ1) is 11.9. The molecule has 0 radical (unpaired) electrons. The molecule has 0 fully saturated rings. The van der Waals surface area contributed by atoms with E-state index < -0.39 is 0 Å². The Morgan fingerprint density at radius 2 is 1.80 bits per heavy atom. The summed E-state index contributed by atoms with van der Waals surface area (Å²) in [7, 11) is 3.28. The topological polar surface area (TPSA) is 38.7 Å². The van der Waals surface area contributed by atoms with Crippen LogP contribution in [-0.2, 0) is 6.42 Å². The molecule has 0 bridgehead atoms. The van der Waals surface area contributed by atoms with Crippen LogP contribution in [0.2, 0.25) is 0 Å². The van der Waals surface area contributed by atoms with Gasteiger partial charge in [0.05, 0.1) is 14.2 Å². The minimum atomic E-state index is 0.194. The lowest BCUT2D eigenvalue weighted by Gasteiger charge is -2.14. The van der Waals surface area contributed by atoms with E-state index in [1.807, 2.05) is 19.1 Å². The molecule has 0 atom stereocenters. The maximum absolute atomic E-state index is 8.80. The first-order chi connectivity index (χ1) is 7.24. The van der Waals surface area contributed by atoms with Crippen molar-refractivity contribution in [2.24, 2.45) is 0 Å². The van der Waals surface area contributed by atoms with E-state index in [0.29, 0.717) is 0 Å². The van der Waals surface area contributed by atoms with E-state index in [9.17, 15) is 0 Å². The van der Waals surface area contributed by atoms with E-state index >= 15 is 0 Å². The summed E-state index contributed by atoms with van der Waals surface area (Å²) >= 11 is 0. The molecular weight excluding hydrogens is 192 g/mol. The summed E-state index contributed by atoms with van der Waals surface area (Å²) in [5, 5.41) is 8.80. The number of benzene rings is 1. The summed E-state index contributed by atoms with van der Waals surface area (Å²) < 4.78 is 10.6. The van der Waals surface area contributed by atoms with E-state index in [1.54, 1.807) is 14.2 Å². The molecule has 0 heterocycles. The molecule has 1 aromatic carbocycles. The molecule has 0 spiro atoms. The van der Waals surface area contributed by atoms with Crippen LogP contribution in [0.3, 0.4) is 0 Å². The molecule has 0 aliphatic rings. The van der Waals surface area contributed by atoms with Gasteiger partial charge in [-0.1, -0.05) is 12.1 Å². The van der Waals surface area contributed by atoms with Crippen LogP contribution in [0.15, 0.2) is 12.1 Å². The predicted octanol–water partition coefficient (Wildman–Crippen LogP) is 1.94. The zero-order valence-electron chi connectivity index (χ0n) is 9.54. The Kier molecular flexibility index (Phi) is 4.43. The average Bonchev–Trinajstić information content (AvgIpc) is 2.26. The van der Waals surface area contributed by atoms with Gasteiger partial charge in [-0.15, -0.1) is 0 Å². The van der Waals surface area contributed by atoms with Crippen molar-refractivity contribution in [1.29, 1.82) is 0 Å². The van der Waals surface area contributed by atoms with Crippen molar-refractivity contribution in [2.75, 3.05) is 20.8 Å². The monoisotopic (exact) mass is 210 g/mol. The van der Waals surface area contributed by atoms with Gasteiger partial charge in [0.25, 0.3) is 0 Å². The van der Waals surface area contributed by atoms with Crippen molar-refractivity contribution in [1.82, 2.24) is 0 Å². The van der Waals surface area contributed by atoms with Gasteiger partial charge in [-0.2, -0.15) is 0 Å². The van der Waals surface area contributed by atoms with Crippen LogP contribution in [0.1, 0.15) is 17.5 Å². The van der Waals surface area contributed by atoms with Crippen molar-refractivity contribution in [3.05, 3.63) is 23.3 Å². The standard InChI is InChI=1S/C12H18O3/c1-9-6-7-10(5-4-8-13)12(15-3)11(9)14-2/h6-7,13H,4-5,8H2,1-3H3. The molecule has 0 aliphatic carbocycles.